The number of nitrogens with one attached hydrogen (secondary N) is 2. The summed E-state index contributed by atoms with van der Waals surface area (Å²) in [5.74, 6) is 0.0614. The van der Waals surface area contributed by atoms with Gasteiger partial charge in [-0.3, -0.25) is 4.79 Å². The molecule has 0 heterocycles. The van der Waals surface area contributed by atoms with Gasteiger partial charge in [0, 0.05) is 11.7 Å². The molecule has 0 unspecified atom stereocenters. The van der Waals surface area contributed by atoms with Gasteiger partial charge in [0.2, 0.25) is 5.91 Å². The Kier molecular flexibility index (Phi) is 5.69. The van der Waals surface area contributed by atoms with E-state index in [2.05, 4.69) is 24.5 Å². The highest BCUT2D eigenvalue weighted by molar-refractivity contribution is 5.81. The van der Waals surface area contributed by atoms with E-state index in [0.717, 1.165) is 18.5 Å². The minimum atomic E-state index is 0.0614. The van der Waals surface area contributed by atoms with Crippen molar-refractivity contribution in [1.82, 2.24) is 5.32 Å². The monoisotopic (exact) mass is 248 g/mol. The molecule has 1 aromatic rings. The van der Waals surface area contributed by atoms with Crippen molar-refractivity contribution in [2.24, 2.45) is 0 Å². The van der Waals surface area contributed by atoms with Gasteiger partial charge in [0.15, 0.2) is 0 Å². The Hall–Kier alpha value is -1.51. The van der Waals surface area contributed by atoms with E-state index < -0.39 is 0 Å². The third-order valence-corrected chi connectivity index (χ3v) is 3.26. The first-order valence-corrected chi connectivity index (χ1v) is 6.67. The highest BCUT2D eigenvalue weighted by Crippen LogP contribution is 2.18. The van der Waals surface area contributed by atoms with Crippen LogP contribution >= 0.6 is 0 Å². The highest BCUT2D eigenvalue weighted by atomic mass is 16.1. The summed E-state index contributed by atoms with van der Waals surface area (Å²) in [7, 11) is 0. The molecule has 0 radical (unpaired) electrons. The van der Waals surface area contributed by atoms with E-state index in [-0.39, 0.29) is 11.9 Å². The SMILES string of the molecule is CCC(CC)NC(=O)CNc1c(C)cccc1C. The summed E-state index contributed by atoms with van der Waals surface area (Å²) in [6.45, 7) is 8.62. The van der Waals surface area contributed by atoms with Crippen molar-refractivity contribution in [3.63, 3.8) is 0 Å². The van der Waals surface area contributed by atoms with Gasteiger partial charge in [-0.2, -0.15) is 0 Å². The number of rotatable bonds is 6. The summed E-state index contributed by atoms with van der Waals surface area (Å²) < 4.78 is 0. The van der Waals surface area contributed by atoms with Crippen LogP contribution in [0.25, 0.3) is 0 Å². The number of para-hydroxylation sites is 1. The van der Waals surface area contributed by atoms with Gasteiger partial charge < -0.3 is 10.6 Å². The van der Waals surface area contributed by atoms with Crippen molar-refractivity contribution in [2.75, 3.05) is 11.9 Å². The van der Waals surface area contributed by atoms with E-state index in [0.29, 0.717) is 6.54 Å². The Morgan fingerprint density at radius 2 is 1.72 bits per heavy atom. The summed E-state index contributed by atoms with van der Waals surface area (Å²) in [5, 5.41) is 6.25. The molecule has 1 amide bonds. The van der Waals surface area contributed by atoms with Gasteiger partial charge in [0.05, 0.1) is 6.54 Å². The number of hydrogen-bond donors (Lipinski definition) is 2. The van der Waals surface area contributed by atoms with E-state index in [1.54, 1.807) is 0 Å². The molecule has 0 aliphatic carbocycles. The second kappa shape index (κ2) is 7.04. The smallest absolute Gasteiger partial charge is 0.239 e. The number of carbonyl (C=O) groups excluding carboxylic acids is 1. The molecule has 2 N–H and O–H groups in total. The van der Waals surface area contributed by atoms with Gasteiger partial charge >= 0.3 is 0 Å². The molecule has 0 bridgehead atoms. The molecule has 100 valence electrons. The molecule has 0 saturated carbocycles. The molecule has 1 aromatic carbocycles. The quantitative estimate of drug-likeness (QED) is 0.812. The van der Waals surface area contributed by atoms with E-state index in [4.69, 9.17) is 0 Å². The number of amides is 1. The molecule has 18 heavy (non-hydrogen) atoms. The van der Waals surface area contributed by atoms with Gasteiger partial charge in [-0.25, -0.2) is 0 Å². The molecule has 0 saturated heterocycles. The summed E-state index contributed by atoms with van der Waals surface area (Å²) in [6, 6.07) is 6.42. The molecule has 0 aliphatic rings. The summed E-state index contributed by atoms with van der Waals surface area (Å²) in [4.78, 5) is 11.8. The van der Waals surface area contributed by atoms with Crippen LogP contribution in [-0.4, -0.2) is 18.5 Å². The maximum absolute atomic E-state index is 11.8. The third kappa shape index (κ3) is 4.06. The molecule has 1 rings (SSSR count). The number of hydrogen-bond acceptors (Lipinski definition) is 2. The van der Waals surface area contributed by atoms with Gasteiger partial charge in [-0.15, -0.1) is 0 Å². The van der Waals surface area contributed by atoms with E-state index in [1.165, 1.54) is 11.1 Å². The van der Waals surface area contributed by atoms with E-state index >= 15 is 0 Å². The lowest BCUT2D eigenvalue weighted by molar-refractivity contribution is -0.120. The van der Waals surface area contributed by atoms with Crippen molar-refractivity contribution in [3.05, 3.63) is 29.3 Å². The molecule has 0 aliphatic heterocycles. The molecule has 0 aromatic heterocycles. The first-order chi connectivity index (χ1) is 8.58. The van der Waals surface area contributed by atoms with Gasteiger partial charge in [-0.1, -0.05) is 32.0 Å². The minimum absolute atomic E-state index is 0.0614. The van der Waals surface area contributed by atoms with Gasteiger partial charge in [0.1, 0.15) is 0 Å². The van der Waals surface area contributed by atoms with Crippen LogP contribution in [0.3, 0.4) is 0 Å². The zero-order valence-corrected chi connectivity index (χ0v) is 11.8. The van der Waals surface area contributed by atoms with Gasteiger partial charge in [0.25, 0.3) is 0 Å². The fourth-order valence-corrected chi connectivity index (χ4v) is 2.03. The Morgan fingerprint density at radius 3 is 2.22 bits per heavy atom. The van der Waals surface area contributed by atoms with Crippen molar-refractivity contribution >= 4 is 11.6 Å². The molecule has 0 atom stereocenters. The molecular weight excluding hydrogens is 224 g/mol. The number of aryl methyl sites for hydroxylation is 2. The molecular formula is C15H24N2O. The average molecular weight is 248 g/mol. The van der Waals surface area contributed by atoms with Crippen LogP contribution < -0.4 is 10.6 Å². The lowest BCUT2D eigenvalue weighted by Gasteiger charge is -2.16. The summed E-state index contributed by atoms with van der Waals surface area (Å²) in [6.07, 6.45) is 1.96. The Morgan fingerprint density at radius 1 is 1.17 bits per heavy atom. The second-order valence-electron chi connectivity index (χ2n) is 4.70. The molecule has 3 heteroatoms. The maximum atomic E-state index is 11.8. The van der Waals surface area contributed by atoms with Crippen LogP contribution in [0.1, 0.15) is 37.8 Å². The highest BCUT2D eigenvalue weighted by Gasteiger charge is 2.09. The second-order valence-corrected chi connectivity index (χ2v) is 4.70. The van der Waals surface area contributed by atoms with Crippen LogP contribution in [0.15, 0.2) is 18.2 Å². The number of carbonyl (C=O) groups is 1. The van der Waals surface area contributed by atoms with Crippen LogP contribution in [-0.2, 0) is 4.79 Å². The third-order valence-electron chi connectivity index (χ3n) is 3.26. The standard InChI is InChI=1S/C15H24N2O/c1-5-13(6-2)17-14(18)10-16-15-11(3)8-7-9-12(15)4/h7-9,13,16H,5-6,10H2,1-4H3,(H,17,18). The van der Waals surface area contributed by atoms with Crippen LogP contribution in [0.4, 0.5) is 5.69 Å². The lowest BCUT2D eigenvalue weighted by atomic mass is 10.1. The van der Waals surface area contributed by atoms with Crippen LogP contribution in [0.5, 0.6) is 0 Å². The van der Waals surface area contributed by atoms with Crippen molar-refractivity contribution in [2.45, 2.75) is 46.6 Å². The maximum Gasteiger partial charge on any atom is 0.239 e. The van der Waals surface area contributed by atoms with E-state index in [1.807, 2.05) is 32.0 Å². The predicted molar refractivity (Wildman–Crippen MR) is 76.9 cm³/mol. The van der Waals surface area contributed by atoms with Gasteiger partial charge in [-0.05, 0) is 37.8 Å². The number of benzene rings is 1. The fraction of sp³-hybridized carbons (Fsp3) is 0.533. The average Bonchev–Trinajstić information content (AvgIpc) is 2.35. The normalized spacial score (nSPS) is 10.5. The Labute approximate surface area is 110 Å². The number of anilines is 1. The fourth-order valence-electron chi connectivity index (χ4n) is 2.03. The predicted octanol–water partition coefficient (Wildman–Crippen LogP) is 3.02. The molecule has 0 fully saturated rings. The first-order valence-electron chi connectivity index (χ1n) is 6.67. The first kappa shape index (κ1) is 14.6. The lowest BCUT2D eigenvalue weighted by Crippen LogP contribution is -2.37. The van der Waals surface area contributed by atoms with Crippen molar-refractivity contribution in [3.8, 4) is 0 Å². The Bertz CT molecular complexity index is 377. The minimum Gasteiger partial charge on any atom is -0.376 e. The zero-order valence-electron chi connectivity index (χ0n) is 11.8. The van der Waals surface area contributed by atoms with Crippen molar-refractivity contribution < 1.29 is 4.79 Å². The summed E-state index contributed by atoms with van der Waals surface area (Å²) in [5.41, 5.74) is 3.41. The largest absolute Gasteiger partial charge is 0.376 e. The molecule has 3 nitrogen and oxygen atoms in total. The molecule has 0 spiro atoms. The van der Waals surface area contributed by atoms with E-state index in [9.17, 15) is 4.79 Å². The topological polar surface area (TPSA) is 41.1 Å². The Balaban J connectivity index is 2.52. The van der Waals surface area contributed by atoms with Crippen LogP contribution in [0.2, 0.25) is 0 Å². The summed E-state index contributed by atoms with van der Waals surface area (Å²) >= 11 is 0. The van der Waals surface area contributed by atoms with Crippen molar-refractivity contribution in [1.29, 1.82) is 0 Å². The van der Waals surface area contributed by atoms with Crippen LogP contribution in [0, 0.1) is 13.8 Å². The zero-order chi connectivity index (χ0) is 13.5.